The first kappa shape index (κ1) is 12.0. The van der Waals surface area contributed by atoms with E-state index in [1.165, 1.54) is 0 Å². The van der Waals surface area contributed by atoms with Crippen LogP contribution in [0.4, 0.5) is 0 Å². The Hall–Kier alpha value is -2.02. The molecule has 1 aromatic rings. The highest BCUT2D eigenvalue weighted by atomic mass is 35.5. The average Bonchev–Trinajstić information content (AvgIpc) is 2.45. The van der Waals surface area contributed by atoms with Crippen LogP contribution in [0.2, 0.25) is 5.02 Å². The first-order valence-electron chi connectivity index (χ1n) is 5.91. The van der Waals surface area contributed by atoms with Gasteiger partial charge in [0.15, 0.2) is 6.04 Å². The number of fused-ring (bicyclic) bond motifs is 2. The third kappa shape index (κ3) is 1.95. The number of benzene rings is 1. The molecule has 3 rings (SSSR count). The molecule has 2 unspecified atom stereocenters. The minimum atomic E-state index is -0.793. The Morgan fingerprint density at radius 2 is 2.16 bits per heavy atom. The van der Waals surface area contributed by atoms with Gasteiger partial charge in [-0.05, 0) is 23.4 Å². The number of hydrogen-bond donors (Lipinski definition) is 1. The summed E-state index contributed by atoms with van der Waals surface area (Å²) in [4.78, 5) is 0. The Morgan fingerprint density at radius 1 is 1.32 bits per heavy atom. The zero-order valence-electron chi connectivity index (χ0n) is 10.0. The van der Waals surface area contributed by atoms with Gasteiger partial charge in [-0.1, -0.05) is 35.9 Å². The number of halogens is 1. The predicted molar refractivity (Wildman–Crippen MR) is 74.3 cm³/mol. The summed E-state index contributed by atoms with van der Waals surface area (Å²) in [7, 11) is 0. The van der Waals surface area contributed by atoms with Crippen molar-refractivity contribution in [3.05, 3.63) is 58.0 Å². The van der Waals surface area contributed by atoms with Crippen molar-refractivity contribution >= 4 is 22.9 Å². The first-order valence-corrected chi connectivity index (χ1v) is 6.29. The van der Waals surface area contributed by atoms with Crippen LogP contribution in [-0.2, 0) is 4.74 Å². The molecule has 1 aliphatic carbocycles. The van der Waals surface area contributed by atoms with Crippen LogP contribution in [0.15, 0.2) is 42.5 Å². The SMILES string of the molecule is N#CC(N)C1=c2cc(Cl)ccc2=C2C=CC=CC2O1. The summed E-state index contributed by atoms with van der Waals surface area (Å²) in [6.07, 6.45) is 7.64. The fraction of sp³-hybridized carbons (Fsp3) is 0.133. The van der Waals surface area contributed by atoms with E-state index in [1.807, 2.05) is 42.5 Å². The lowest BCUT2D eigenvalue weighted by atomic mass is 9.97. The minimum absolute atomic E-state index is 0.187. The van der Waals surface area contributed by atoms with Crippen LogP contribution in [0.1, 0.15) is 0 Å². The average molecular weight is 271 g/mol. The molecule has 0 amide bonds. The van der Waals surface area contributed by atoms with Gasteiger partial charge in [-0.15, -0.1) is 0 Å². The van der Waals surface area contributed by atoms with Gasteiger partial charge in [-0.3, -0.25) is 0 Å². The molecule has 3 nitrogen and oxygen atoms in total. The summed E-state index contributed by atoms with van der Waals surface area (Å²) in [5, 5.41) is 11.4. The van der Waals surface area contributed by atoms with Crippen molar-refractivity contribution in [1.82, 2.24) is 0 Å². The maximum absolute atomic E-state index is 9.03. The zero-order valence-corrected chi connectivity index (χ0v) is 10.8. The first-order chi connectivity index (χ1) is 9.20. The van der Waals surface area contributed by atoms with Gasteiger partial charge < -0.3 is 10.5 Å². The largest absolute Gasteiger partial charge is 0.482 e. The van der Waals surface area contributed by atoms with Crippen LogP contribution in [0.25, 0.3) is 11.3 Å². The third-order valence-electron chi connectivity index (χ3n) is 3.21. The van der Waals surface area contributed by atoms with Crippen LogP contribution in [-0.4, -0.2) is 12.1 Å². The van der Waals surface area contributed by atoms with E-state index in [0.29, 0.717) is 10.8 Å². The molecule has 0 fully saturated rings. The molecular weight excluding hydrogens is 260 g/mol. The molecule has 0 saturated carbocycles. The lowest BCUT2D eigenvalue weighted by molar-refractivity contribution is 0.242. The number of nitrogens with two attached hydrogens (primary N) is 1. The number of hydrogen-bond acceptors (Lipinski definition) is 3. The molecule has 0 bridgehead atoms. The van der Waals surface area contributed by atoms with Gasteiger partial charge in [0.05, 0.1) is 6.07 Å². The summed E-state index contributed by atoms with van der Waals surface area (Å²) in [6.45, 7) is 0. The maximum Gasteiger partial charge on any atom is 0.151 e. The van der Waals surface area contributed by atoms with Crippen LogP contribution in [0.3, 0.4) is 0 Å². The van der Waals surface area contributed by atoms with E-state index in [-0.39, 0.29) is 6.10 Å². The molecular formula is C15H11ClN2O. The van der Waals surface area contributed by atoms with E-state index in [2.05, 4.69) is 0 Å². The zero-order chi connectivity index (χ0) is 13.4. The van der Waals surface area contributed by atoms with Gasteiger partial charge in [0, 0.05) is 15.8 Å². The standard InChI is InChI=1S/C15H11ClN2O/c16-9-5-6-10-11-3-1-2-4-14(11)19-15(12(10)7-9)13(18)8-17/h1-7,13-14H,18H2. The summed E-state index contributed by atoms with van der Waals surface area (Å²) in [5.41, 5.74) is 6.88. The lowest BCUT2D eigenvalue weighted by Crippen LogP contribution is -2.43. The van der Waals surface area contributed by atoms with Crippen LogP contribution in [0, 0.1) is 11.3 Å². The van der Waals surface area contributed by atoms with Crippen LogP contribution in [0.5, 0.6) is 0 Å². The smallest absolute Gasteiger partial charge is 0.151 e. The second-order valence-corrected chi connectivity index (χ2v) is 4.84. The van der Waals surface area contributed by atoms with Crippen molar-refractivity contribution in [3.63, 3.8) is 0 Å². The highest BCUT2D eigenvalue weighted by Crippen LogP contribution is 2.21. The molecule has 1 aliphatic heterocycles. The van der Waals surface area contributed by atoms with Gasteiger partial charge in [0.2, 0.25) is 0 Å². The van der Waals surface area contributed by atoms with Crippen molar-refractivity contribution < 1.29 is 4.74 Å². The number of rotatable bonds is 1. The van der Waals surface area contributed by atoms with Crippen molar-refractivity contribution in [2.45, 2.75) is 12.1 Å². The van der Waals surface area contributed by atoms with Gasteiger partial charge in [0.25, 0.3) is 0 Å². The van der Waals surface area contributed by atoms with Gasteiger partial charge >= 0.3 is 0 Å². The monoisotopic (exact) mass is 270 g/mol. The predicted octanol–water partition coefficient (Wildman–Crippen LogP) is 0.975. The summed E-state index contributed by atoms with van der Waals surface area (Å²) in [6, 6.07) is 6.78. The van der Waals surface area contributed by atoms with Gasteiger partial charge in [-0.25, -0.2) is 0 Å². The Kier molecular flexibility index (Phi) is 2.90. The quantitative estimate of drug-likeness (QED) is 0.827. The molecule has 1 aromatic carbocycles. The molecule has 0 spiro atoms. The molecule has 0 aromatic heterocycles. The molecule has 2 atom stereocenters. The number of allylic oxidation sites excluding steroid dienone is 2. The molecule has 2 N–H and O–H groups in total. The topological polar surface area (TPSA) is 59.0 Å². The second kappa shape index (κ2) is 4.58. The Labute approximate surface area is 115 Å². The number of nitrogens with zero attached hydrogens (tertiary/aromatic N) is 1. The summed E-state index contributed by atoms with van der Waals surface area (Å²) < 4.78 is 5.86. The van der Waals surface area contributed by atoms with Gasteiger partial charge in [0.1, 0.15) is 11.9 Å². The fourth-order valence-electron chi connectivity index (χ4n) is 2.34. The highest BCUT2D eigenvalue weighted by molar-refractivity contribution is 6.30. The van der Waals surface area contributed by atoms with Crippen molar-refractivity contribution in [1.29, 1.82) is 5.26 Å². The van der Waals surface area contributed by atoms with E-state index in [0.717, 1.165) is 16.0 Å². The Balaban J connectivity index is 2.41. The molecule has 94 valence electrons. The lowest BCUT2D eigenvalue weighted by Gasteiger charge is -2.26. The van der Waals surface area contributed by atoms with E-state index >= 15 is 0 Å². The number of nitriles is 1. The Morgan fingerprint density at radius 3 is 2.95 bits per heavy atom. The minimum Gasteiger partial charge on any atom is -0.482 e. The fourth-order valence-corrected chi connectivity index (χ4v) is 2.51. The Bertz CT molecular complexity index is 755. The third-order valence-corrected chi connectivity index (χ3v) is 3.45. The summed E-state index contributed by atoms with van der Waals surface area (Å²) in [5.74, 6) is 0.480. The van der Waals surface area contributed by atoms with Crippen LogP contribution < -0.4 is 16.2 Å². The van der Waals surface area contributed by atoms with Crippen molar-refractivity contribution in [2.24, 2.45) is 5.73 Å². The molecule has 0 radical (unpaired) electrons. The maximum atomic E-state index is 9.03. The highest BCUT2D eigenvalue weighted by Gasteiger charge is 2.24. The van der Waals surface area contributed by atoms with E-state index in [1.54, 1.807) is 6.07 Å². The number of ether oxygens (including phenoxy) is 1. The molecule has 19 heavy (non-hydrogen) atoms. The van der Waals surface area contributed by atoms with E-state index in [4.69, 9.17) is 27.3 Å². The molecule has 0 saturated heterocycles. The van der Waals surface area contributed by atoms with E-state index in [9.17, 15) is 0 Å². The van der Waals surface area contributed by atoms with Crippen LogP contribution >= 0.6 is 11.6 Å². The molecule has 2 aliphatic rings. The van der Waals surface area contributed by atoms with Gasteiger partial charge in [-0.2, -0.15) is 5.26 Å². The second-order valence-electron chi connectivity index (χ2n) is 4.40. The van der Waals surface area contributed by atoms with Crippen molar-refractivity contribution in [3.8, 4) is 6.07 Å². The normalized spacial score (nSPS) is 21.2. The molecule has 4 heteroatoms. The van der Waals surface area contributed by atoms with Crippen molar-refractivity contribution in [2.75, 3.05) is 0 Å². The van der Waals surface area contributed by atoms with E-state index < -0.39 is 6.04 Å². The molecule has 1 heterocycles. The summed E-state index contributed by atoms with van der Waals surface area (Å²) >= 11 is 6.03.